The Morgan fingerprint density at radius 2 is 2.20 bits per heavy atom. The van der Waals surface area contributed by atoms with Crippen LogP contribution >= 0.6 is 0 Å². The number of furan rings is 1. The van der Waals surface area contributed by atoms with Crippen molar-refractivity contribution >= 4 is 11.0 Å². The molecule has 0 bridgehead atoms. The van der Waals surface area contributed by atoms with Gasteiger partial charge in [0.05, 0.1) is 5.69 Å². The Balaban J connectivity index is 2.09. The fraction of sp³-hybridized carbons (Fsp3) is 0.214. The number of nitrogens with one attached hydrogen (secondary N) is 1. The second-order valence-electron chi connectivity index (χ2n) is 4.77. The van der Waals surface area contributed by atoms with Gasteiger partial charge in [0.1, 0.15) is 23.2 Å². The van der Waals surface area contributed by atoms with Crippen molar-refractivity contribution in [2.24, 2.45) is 12.9 Å². The van der Waals surface area contributed by atoms with Gasteiger partial charge in [0, 0.05) is 24.2 Å². The van der Waals surface area contributed by atoms with E-state index >= 15 is 0 Å². The average Bonchev–Trinajstić information content (AvgIpc) is 2.94. The highest BCUT2D eigenvalue weighted by Gasteiger charge is 2.21. The van der Waals surface area contributed by atoms with Crippen molar-refractivity contribution in [1.29, 1.82) is 0 Å². The van der Waals surface area contributed by atoms with Gasteiger partial charge in [0.15, 0.2) is 0 Å². The number of nitrogens with two attached hydrogens (primary N) is 1. The van der Waals surface area contributed by atoms with Gasteiger partial charge in [0.2, 0.25) is 0 Å². The summed E-state index contributed by atoms with van der Waals surface area (Å²) < 4.78 is 20.7. The van der Waals surface area contributed by atoms with Gasteiger partial charge >= 0.3 is 0 Å². The van der Waals surface area contributed by atoms with Gasteiger partial charge in [-0.1, -0.05) is 0 Å². The largest absolute Gasteiger partial charge is 0.459 e. The van der Waals surface area contributed by atoms with Crippen molar-refractivity contribution in [1.82, 2.24) is 15.2 Å². The lowest BCUT2D eigenvalue weighted by Gasteiger charge is -2.11. The first-order valence-electron chi connectivity index (χ1n) is 6.24. The Hall–Kier alpha value is -2.18. The van der Waals surface area contributed by atoms with E-state index in [0.717, 1.165) is 11.3 Å². The van der Waals surface area contributed by atoms with Gasteiger partial charge < -0.3 is 4.42 Å². The minimum absolute atomic E-state index is 0.292. The Morgan fingerprint density at radius 3 is 2.85 bits per heavy atom. The van der Waals surface area contributed by atoms with Crippen LogP contribution in [0.3, 0.4) is 0 Å². The molecule has 5 nitrogen and oxygen atoms in total. The van der Waals surface area contributed by atoms with E-state index < -0.39 is 0 Å². The van der Waals surface area contributed by atoms with Gasteiger partial charge in [-0.2, -0.15) is 5.10 Å². The Morgan fingerprint density at radius 1 is 1.40 bits per heavy atom. The fourth-order valence-electron chi connectivity index (χ4n) is 2.40. The highest BCUT2D eigenvalue weighted by atomic mass is 19.1. The van der Waals surface area contributed by atoms with E-state index in [1.807, 2.05) is 20.2 Å². The number of nitrogens with zero attached hydrogens (tertiary/aromatic N) is 2. The summed E-state index contributed by atoms with van der Waals surface area (Å²) in [7, 11) is 1.85. The normalized spacial score (nSPS) is 13.0. The lowest BCUT2D eigenvalue weighted by Crippen LogP contribution is -2.28. The van der Waals surface area contributed by atoms with Crippen LogP contribution in [-0.4, -0.2) is 9.78 Å². The summed E-state index contributed by atoms with van der Waals surface area (Å²) in [4.78, 5) is 0. The van der Waals surface area contributed by atoms with Crippen LogP contribution < -0.4 is 11.3 Å². The lowest BCUT2D eigenvalue weighted by atomic mass is 10.1. The summed E-state index contributed by atoms with van der Waals surface area (Å²) in [5.41, 5.74) is 5.14. The van der Waals surface area contributed by atoms with Crippen LogP contribution in [0.15, 0.2) is 34.9 Å². The minimum Gasteiger partial charge on any atom is -0.459 e. The lowest BCUT2D eigenvalue weighted by molar-refractivity contribution is 0.476. The molecule has 3 rings (SSSR count). The maximum absolute atomic E-state index is 13.2. The minimum atomic E-state index is -0.320. The quantitative estimate of drug-likeness (QED) is 0.567. The molecule has 2 aromatic heterocycles. The van der Waals surface area contributed by atoms with Crippen LogP contribution in [0.25, 0.3) is 11.0 Å². The van der Waals surface area contributed by atoms with Crippen molar-refractivity contribution < 1.29 is 8.81 Å². The summed E-state index contributed by atoms with van der Waals surface area (Å²) in [6, 6.07) is 5.88. The molecule has 0 radical (unpaired) electrons. The molecule has 104 valence electrons. The van der Waals surface area contributed by atoms with E-state index in [1.54, 1.807) is 16.8 Å². The van der Waals surface area contributed by atoms with E-state index in [-0.39, 0.29) is 11.9 Å². The first kappa shape index (κ1) is 12.8. The molecule has 1 aromatic carbocycles. The number of benzene rings is 1. The maximum atomic E-state index is 13.2. The molecule has 3 N–H and O–H groups in total. The summed E-state index contributed by atoms with van der Waals surface area (Å²) in [6.07, 6.45) is 1.88. The fourth-order valence-corrected chi connectivity index (χ4v) is 2.40. The van der Waals surface area contributed by atoms with Crippen molar-refractivity contribution in [3.05, 3.63) is 53.3 Å². The third-order valence-corrected chi connectivity index (χ3v) is 3.31. The Labute approximate surface area is 115 Å². The predicted octanol–water partition coefficient (Wildman–Crippen LogP) is 2.17. The van der Waals surface area contributed by atoms with Crippen LogP contribution in [0.4, 0.5) is 4.39 Å². The number of aromatic nitrogens is 2. The van der Waals surface area contributed by atoms with Crippen LogP contribution in [-0.2, 0) is 7.05 Å². The molecule has 0 aliphatic rings. The first-order valence-corrected chi connectivity index (χ1v) is 6.24. The van der Waals surface area contributed by atoms with Crippen LogP contribution in [0.5, 0.6) is 0 Å². The number of hydrogen-bond donors (Lipinski definition) is 2. The number of aryl methyl sites for hydroxylation is 2. The SMILES string of the molecule is Cc1nn(C)cc1C(NN)c1cc2cc(F)ccc2o1. The zero-order chi connectivity index (χ0) is 14.3. The van der Waals surface area contributed by atoms with E-state index in [2.05, 4.69) is 10.5 Å². The third kappa shape index (κ3) is 2.09. The number of fused-ring (bicyclic) bond motifs is 1. The molecule has 0 aliphatic carbocycles. The molecule has 0 saturated heterocycles. The van der Waals surface area contributed by atoms with E-state index in [0.29, 0.717) is 16.7 Å². The average molecular weight is 274 g/mol. The van der Waals surface area contributed by atoms with Crippen molar-refractivity contribution in [2.45, 2.75) is 13.0 Å². The monoisotopic (exact) mass is 274 g/mol. The molecule has 6 heteroatoms. The van der Waals surface area contributed by atoms with Gasteiger partial charge in [-0.3, -0.25) is 10.5 Å². The summed E-state index contributed by atoms with van der Waals surface area (Å²) in [5, 5.41) is 5.00. The van der Waals surface area contributed by atoms with E-state index in [9.17, 15) is 4.39 Å². The van der Waals surface area contributed by atoms with E-state index in [4.69, 9.17) is 10.3 Å². The van der Waals surface area contributed by atoms with Crippen molar-refractivity contribution in [3.8, 4) is 0 Å². The van der Waals surface area contributed by atoms with Gasteiger partial charge in [-0.05, 0) is 31.2 Å². The van der Waals surface area contributed by atoms with Crippen LogP contribution in [0, 0.1) is 12.7 Å². The maximum Gasteiger partial charge on any atom is 0.134 e. The molecule has 20 heavy (non-hydrogen) atoms. The van der Waals surface area contributed by atoms with Gasteiger partial charge in [0.25, 0.3) is 0 Å². The Bertz CT molecular complexity index is 762. The molecule has 0 aliphatic heterocycles. The van der Waals surface area contributed by atoms with E-state index in [1.165, 1.54) is 12.1 Å². The summed E-state index contributed by atoms with van der Waals surface area (Å²) >= 11 is 0. The molecule has 0 amide bonds. The molecular formula is C14H15FN4O. The summed E-state index contributed by atoms with van der Waals surface area (Å²) in [5.74, 6) is 5.98. The molecule has 0 spiro atoms. The number of hydrazine groups is 1. The zero-order valence-corrected chi connectivity index (χ0v) is 11.2. The Kier molecular flexibility index (Phi) is 3.04. The second kappa shape index (κ2) is 4.73. The van der Waals surface area contributed by atoms with Crippen molar-refractivity contribution in [2.75, 3.05) is 0 Å². The van der Waals surface area contributed by atoms with Crippen LogP contribution in [0.2, 0.25) is 0 Å². The standard InChI is InChI=1S/C14H15FN4O/c1-8-11(7-19(2)18-8)14(17-16)13-6-9-5-10(15)3-4-12(9)20-13/h3-7,14,17H,16H2,1-2H3. The highest BCUT2D eigenvalue weighted by Crippen LogP contribution is 2.29. The number of halogens is 1. The smallest absolute Gasteiger partial charge is 0.134 e. The predicted molar refractivity (Wildman–Crippen MR) is 73.3 cm³/mol. The zero-order valence-electron chi connectivity index (χ0n) is 11.2. The topological polar surface area (TPSA) is 69.0 Å². The highest BCUT2D eigenvalue weighted by molar-refractivity contribution is 5.78. The van der Waals surface area contributed by atoms with Crippen molar-refractivity contribution in [3.63, 3.8) is 0 Å². The molecule has 1 unspecified atom stereocenters. The van der Waals surface area contributed by atoms with Gasteiger partial charge in [-0.25, -0.2) is 9.82 Å². The number of hydrogen-bond acceptors (Lipinski definition) is 4. The summed E-state index contributed by atoms with van der Waals surface area (Å²) in [6.45, 7) is 1.90. The molecule has 3 aromatic rings. The molecule has 0 saturated carbocycles. The van der Waals surface area contributed by atoms with Gasteiger partial charge in [-0.15, -0.1) is 0 Å². The second-order valence-corrected chi connectivity index (χ2v) is 4.77. The third-order valence-electron chi connectivity index (χ3n) is 3.31. The number of rotatable bonds is 3. The molecular weight excluding hydrogens is 259 g/mol. The molecule has 2 heterocycles. The van der Waals surface area contributed by atoms with Crippen LogP contribution in [0.1, 0.15) is 23.1 Å². The molecule has 0 fully saturated rings. The molecule has 1 atom stereocenters. The first-order chi connectivity index (χ1) is 9.58.